The largest absolute Gasteiger partial charge is 0.350 e. The SMILES string of the molecule is Fc1ccc(C2CCC([C@H]3CC[C@H](CCC4OCCO4)CC3)CC2)cc1F. The van der Waals surface area contributed by atoms with Crippen molar-refractivity contribution < 1.29 is 18.3 Å². The molecule has 0 bridgehead atoms. The predicted molar refractivity (Wildman–Crippen MR) is 101 cm³/mol. The third-order valence-corrected chi connectivity index (χ3v) is 7.25. The first-order chi connectivity index (χ1) is 13.2. The predicted octanol–water partition coefficient (Wildman–Crippen LogP) is 6.20. The van der Waals surface area contributed by atoms with Gasteiger partial charge in [0.15, 0.2) is 17.9 Å². The minimum atomic E-state index is -0.741. The Morgan fingerprint density at radius 1 is 0.741 bits per heavy atom. The second-order valence-electron chi connectivity index (χ2n) is 8.81. The zero-order valence-corrected chi connectivity index (χ0v) is 16.2. The van der Waals surface area contributed by atoms with Crippen LogP contribution in [0.15, 0.2) is 18.2 Å². The summed E-state index contributed by atoms with van der Waals surface area (Å²) in [6, 6.07) is 4.45. The Kier molecular flexibility index (Phi) is 6.44. The molecule has 2 nitrogen and oxygen atoms in total. The lowest BCUT2D eigenvalue weighted by Gasteiger charge is -2.38. The molecule has 0 atom stereocenters. The van der Waals surface area contributed by atoms with Crippen molar-refractivity contribution in [1.82, 2.24) is 0 Å². The molecular formula is C23H32F2O2. The minimum absolute atomic E-state index is 0.0503. The van der Waals surface area contributed by atoms with E-state index < -0.39 is 11.6 Å². The van der Waals surface area contributed by atoms with Crippen LogP contribution in [-0.4, -0.2) is 19.5 Å². The second kappa shape index (κ2) is 9.00. The van der Waals surface area contributed by atoms with Crippen LogP contribution in [0.1, 0.15) is 75.7 Å². The Balaban J connectivity index is 1.19. The molecule has 1 aromatic rings. The lowest BCUT2D eigenvalue weighted by Crippen LogP contribution is -2.26. The number of benzene rings is 1. The highest BCUT2D eigenvalue weighted by molar-refractivity contribution is 5.22. The topological polar surface area (TPSA) is 18.5 Å². The molecule has 0 radical (unpaired) electrons. The van der Waals surface area contributed by atoms with Gasteiger partial charge in [-0.05, 0) is 92.7 Å². The van der Waals surface area contributed by atoms with Gasteiger partial charge in [-0.3, -0.25) is 0 Å². The van der Waals surface area contributed by atoms with Crippen molar-refractivity contribution in [1.29, 1.82) is 0 Å². The second-order valence-corrected chi connectivity index (χ2v) is 8.81. The molecule has 0 unspecified atom stereocenters. The molecule has 0 N–H and O–H groups in total. The molecule has 1 saturated heterocycles. The number of hydrogen-bond donors (Lipinski definition) is 0. The van der Waals surface area contributed by atoms with Crippen molar-refractivity contribution in [3.8, 4) is 0 Å². The summed E-state index contributed by atoms with van der Waals surface area (Å²) in [6.45, 7) is 1.51. The Morgan fingerprint density at radius 3 is 2.00 bits per heavy atom. The summed E-state index contributed by atoms with van der Waals surface area (Å²) >= 11 is 0. The fourth-order valence-corrected chi connectivity index (χ4v) is 5.58. The molecule has 4 rings (SSSR count). The average molecular weight is 379 g/mol. The molecule has 0 amide bonds. The lowest BCUT2D eigenvalue weighted by atomic mass is 9.68. The van der Waals surface area contributed by atoms with Crippen LogP contribution in [0.4, 0.5) is 8.78 Å². The third kappa shape index (κ3) is 4.89. The van der Waals surface area contributed by atoms with Gasteiger partial charge >= 0.3 is 0 Å². The van der Waals surface area contributed by atoms with Gasteiger partial charge in [-0.25, -0.2) is 8.78 Å². The van der Waals surface area contributed by atoms with Crippen LogP contribution in [0.2, 0.25) is 0 Å². The maximum atomic E-state index is 13.5. The zero-order chi connectivity index (χ0) is 18.6. The van der Waals surface area contributed by atoms with Gasteiger partial charge in [-0.2, -0.15) is 0 Å². The summed E-state index contributed by atoms with van der Waals surface area (Å²) in [5, 5.41) is 0. The Labute approximate surface area is 161 Å². The van der Waals surface area contributed by atoms with Crippen molar-refractivity contribution >= 4 is 0 Å². The van der Waals surface area contributed by atoms with E-state index in [-0.39, 0.29) is 6.29 Å². The van der Waals surface area contributed by atoms with Crippen molar-refractivity contribution in [2.75, 3.05) is 13.2 Å². The molecule has 3 aliphatic rings. The van der Waals surface area contributed by atoms with Gasteiger partial charge < -0.3 is 9.47 Å². The summed E-state index contributed by atoms with van der Waals surface area (Å²) in [7, 11) is 0. The van der Waals surface area contributed by atoms with E-state index in [1.165, 1.54) is 57.1 Å². The van der Waals surface area contributed by atoms with Crippen molar-refractivity contribution in [2.45, 2.75) is 76.4 Å². The summed E-state index contributed by atoms with van der Waals surface area (Å²) in [4.78, 5) is 0. The van der Waals surface area contributed by atoms with Gasteiger partial charge in [0.2, 0.25) is 0 Å². The van der Waals surface area contributed by atoms with Gasteiger partial charge in [0, 0.05) is 0 Å². The van der Waals surface area contributed by atoms with Gasteiger partial charge in [0.25, 0.3) is 0 Å². The average Bonchev–Trinajstić information content (AvgIpc) is 3.23. The van der Waals surface area contributed by atoms with E-state index in [9.17, 15) is 8.78 Å². The number of hydrogen-bond acceptors (Lipinski definition) is 2. The van der Waals surface area contributed by atoms with Crippen LogP contribution in [0.5, 0.6) is 0 Å². The first kappa shape index (κ1) is 19.3. The van der Waals surface area contributed by atoms with E-state index in [4.69, 9.17) is 9.47 Å². The number of rotatable bonds is 5. The lowest BCUT2D eigenvalue weighted by molar-refractivity contribution is -0.0514. The van der Waals surface area contributed by atoms with Crippen molar-refractivity contribution in [3.63, 3.8) is 0 Å². The highest BCUT2D eigenvalue weighted by Gasteiger charge is 2.31. The zero-order valence-electron chi connectivity index (χ0n) is 16.2. The first-order valence-electron chi connectivity index (χ1n) is 10.9. The Hall–Kier alpha value is -1.00. The molecule has 0 spiro atoms. The van der Waals surface area contributed by atoms with E-state index in [2.05, 4.69) is 0 Å². The van der Waals surface area contributed by atoms with Gasteiger partial charge in [-0.1, -0.05) is 18.9 Å². The quantitative estimate of drug-likeness (QED) is 0.607. The molecule has 150 valence electrons. The monoisotopic (exact) mass is 378 g/mol. The summed E-state index contributed by atoms with van der Waals surface area (Å²) in [6.07, 6.45) is 12.5. The highest BCUT2D eigenvalue weighted by atomic mass is 19.2. The molecule has 4 heteroatoms. The van der Waals surface area contributed by atoms with Crippen LogP contribution in [-0.2, 0) is 9.47 Å². The third-order valence-electron chi connectivity index (χ3n) is 7.25. The fourth-order valence-electron chi connectivity index (χ4n) is 5.58. The van der Waals surface area contributed by atoms with Crippen LogP contribution >= 0.6 is 0 Å². The molecule has 1 aromatic carbocycles. The molecule has 1 aliphatic heterocycles. The summed E-state index contributed by atoms with van der Waals surface area (Å²) < 4.78 is 37.8. The van der Waals surface area contributed by atoms with Gasteiger partial charge in [0.1, 0.15) is 0 Å². The maximum absolute atomic E-state index is 13.5. The van der Waals surface area contributed by atoms with Crippen LogP contribution < -0.4 is 0 Å². The van der Waals surface area contributed by atoms with Gasteiger partial charge in [-0.15, -0.1) is 0 Å². The molecule has 1 heterocycles. The fraction of sp³-hybridized carbons (Fsp3) is 0.739. The normalized spacial score (nSPS) is 32.7. The standard InChI is InChI=1S/C23H32F2O2/c24-21-11-10-20(15-22(21)25)19-8-6-18(7-9-19)17-4-1-16(2-5-17)3-12-23-26-13-14-27-23/h10-11,15-19,23H,1-9,12-14H2/t16-,17-,18?,19?. The Morgan fingerprint density at radius 2 is 1.37 bits per heavy atom. The molecule has 0 aromatic heterocycles. The van der Waals surface area contributed by atoms with Crippen LogP contribution in [0, 0.1) is 29.4 Å². The summed E-state index contributed by atoms with van der Waals surface area (Å²) in [5.74, 6) is 1.49. The summed E-state index contributed by atoms with van der Waals surface area (Å²) in [5.41, 5.74) is 0.979. The minimum Gasteiger partial charge on any atom is -0.350 e. The number of ether oxygens (including phenoxy) is 2. The van der Waals surface area contributed by atoms with E-state index in [1.54, 1.807) is 6.07 Å². The van der Waals surface area contributed by atoms with Gasteiger partial charge in [0.05, 0.1) is 13.2 Å². The van der Waals surface area contributed by atoms with Crippen molar-refractivity contribution in [2.24, 2.45) is 17.8 Å². The maximum Gasteiger partial charge on any atom is 0.159 e. The molecule has 3 fully saturated rings. The van der Waals surface area contributed by atoms with E-state index in [1.807, 2.05) is 0 Å². The van der Waals surface area contributed by atoms with E-state index in [0.29, 0.717) is 5.92 Å². The van der Waals surface area contributed by atoms with E-state index >= 15 is 0 Å². The molecule has 2 aliphatic carbocycles. The first-order valence-corrected chi connectivity index (χ1v) is 10.9. The smallest absolute Gasteiger partial charge is 0.159 e. The van der Waals surface area contributed by atoms with Crippen LogP contribution in [0.3, 0.4) is 0 Å². The van der Waals surface area contributed by atoms with E-state index in [0.717, 1.165) is 55.8 Å². The highest BCUT2D eigenvalue weighted by Crippen LogP contribution is 2.44. The Bertz CT molecular complexity index is 598. The van der Waals surface area contributed by atoms with Crippen molar-refractivity contribution in [3.05, 3.63) is 35.4 Å². The van der Waals surface area contributed by atoms with Crippen LogP contribution in [0.25, 0.3) is 0 Å². The number of halogens is 2. The molecule has 2 saturated carbocycles. The molecule has 27 heavy (non-hydrogen) atoms. The molecular weight excluding hydrogens is 346 g/mol.